The number of anilines is 1. The van der Waals surface area contributed by atoms with Crippen LogP contribution in [0.2, 0.25) is 0 Å². The molecule has 5 heteroatoms. The summed E-state index contributed by atoms with van der Waals surface area (Å²) in [5.74, 6) is 0. The van der Waals surface area contributed by atoms with E-state index in [1.54, 1.807) is 14.2 Å². The molecule has 0 atom stereocenters. The first-order valence-electron chi connectivity index (χ1n) is 6.69. The van der Waals surface area contributed by atoms with Gasteiger partial charge in [-0.15, -0.1) is 0 Å². The van der Waals surface area contributed by atoms with E-state index in [4.69, 9.17) is 9.47 Å². The highest BCUT2D eigenvalue weighted by molar-refractivity contribution is 5.52. The molecule has 0 aromatic carbocycles. The van der Waals surface area contributed by atoms with Crippen molar-refractivity contribution < 1.29 is 9.47 Å². The number of aromatic nitrogens is 1. The second-order valence-corrected chi connectivity index (χ2v) is 4.26. The first-order valence-corrected chi connectivity index (χ1v) is 6.69. The molecule has 108 valence electrons. The fourth-order valence-electron chi connectivity index (χ4n) is 1.88. The van der Waals surface area contributed by atoms with E-state index in [9.17, 15) is 0 Å². The number of nitrogens with zero attached hydrogens (tertiary/aromatic N) is 2. The minimum Gasteiger partial charge on any atom is -0.383 e. The second kappa shape index (κ2) is 9.72. The third-order valence-corrected chi connectivity index (χ3v) is 2.91. The number of hydrogen-bond acceptors (Lipinski definition) is 5. The van der Waals surface area contributed by atoms with Gasteiger partial charge in [-0.3, -0.25) is 4.98 Å². The fraction of sp³-hybridized carbons (Fsp3) is 0.643. The van der Waals surface area contributed by atoms with E-state index in [1.807, 2.05) is 12.4 Å². The third kappa shape index (κ3) is 5.55. The van der Waals surface area contributed by atoms with E-state index in [0.29, 0.717) is 13.2 Å². The molecule has 0 aliphatic heterocycles. The largest absolute Gasteiger partial charge is 0.383 e. The lowest BCUT2D eigenvalue weighted by molar-refractivity contribution is 0.190. The van der Waals surface area contributed by atoms with Crippen LogP contribution in [-0.4, -0.2) is 52.1 Å². The highest BCUT2D eigenvalue weighted by Crippen LogP contribution is 2.19. The van der Waals surface area contributed by atoms with Crippen molar-refractivity contribution in [2.24, 2.45) is 0 Å². The van der Waals surface area contributed by atoms with Crippen LogP contribution in [0.1, 0.15) is 12.5 Å². The maximum absolute atomic E-state index is 5.18. The van der Waals surface area contributed by atoms with Gasteiger partial charge < -0.3 is 19.7 Å². The van der Waals surface area contributed by atoms with Crippen molar-refractivity contribution in [3.8, 4) is 0 Å². The minimum absolute atomic E-state index is 0.701. The summed E-state index contributed by atoms with van der Waals surface area (Å²) in [6.07, 6.45) is 3.75. The summed E-state index contributed by atoms with van der Waals surface area (Å²) in [5.41, 5.74) is 2.40. The van der Waals surface area contributed by atoms with Gasteiger partial charge in [0.15, 0.2) is 0 Å². The standard InChI is InChI=1S/C14H25N3O2/c1-4-15-11-13-12-16-6-5-14(13)17(7-9-18-2)8-10-19-3/h5-6,12,15H,4,7-11H2,1-3H3. The molecule has 0 radical (unpaired) electrons. The van der Waals surface area contributed by atoms with Gasteiger partial charge in [0.05, 0.1) is 13.2 Å². The smallest absolute Gasteiger partial charge is 0.0637 e. The third-order valence-electron chi connectivity index (χ3n) is 2.91. The van der Waals surface area contributed by atoms with Crippen LogP contribution in [0.15, 0.2) is 18.5 Å². The van der Waals surface area contributed by atoms with Crippen molar-refractivity contribution in [3.05, 3.63) is 24.0 Å². The van der Waals surface area contributed by atoms with E-state index in [-0.39, 0.29) is 0 Å². The molecule has 1 aromatic rings. The molecule has 0 fully saturated rings. The number of methoxy groups -OCH3 is 2. The Morgan fingerprint density at radius 3 is 2.47 bits per heavy atom. The molecule has 0 bridgehead atoms. The normalized spacial score (nSPS) is 10.7. The van der Waals surface area contributed by atoms with E-state index in [0.717, 1.165) is 26.2 Å². The van der Waals surface area contributed by atoms with Gasteiger partial charge in [0.2, 0.25) is 0 Å². The van der Waals surface area contributed by atoms with Crippen LogP contribution in [0.5, 0.6) is 0 Å². The molecule has 1 heterocycles. The maximum Gasteiger partial charge on any atom is 0.0637 e. The molecule has 1 rings (SSSR count). The van der Waals surface area contributed by atoms with Crippen LogP contribution < -0.4 is 10.2 Å². The SMILES string of the molecule is CCNCc1cnccc1N(CCOC)CCOC. The average Bonchev–Trinajstić information content (AvgIpc) is 2.46. The molecule has 0 spiro atoms. The van der Waals surface area contributed by atoms with Gasteiger partial charge in [0.1, 0.15) is 0 Å². The Kier molecular flexibility index (Phi) is 8.13. The quantitative estimate of drug-likeness (QED) is 0.692. The number of hydrogen-bond donors (Lipinski definition) is 1. The van der Waals surface area contributed by atoms with Gasteiger partial charge in [0, 0.05) is 57.5 Å². The molecular weight excluding hydrogens is 242 g/mol. The van der Waals surface area contributed by atoms with E-state index in [1.165, 1.54) is 11.3 Å². The lowest BCUT2D eigenvalue weighted by atomic mass is 10.2. The monoisotopic (exact) mass is 267 g/mol. The van der Waals surface area contributed by atoms with Crippen molar-refractivity contribution in [1.82, 2.24) is 10.3 Å². The van der Waals surface area contributed by atoms with Crippen LogP contribution in [0, 0.1) is 0 Å². The van der Waals surface area contributed by atoms with Gasteiger partial charge in [-0.05, 0) is 12.6 Å². The molecule has 1 aromatic heterocycles. The lowest BCUT2D eigenvalue weighted by Gasteiger charge is -2.26. The molecular formula is C14H25N3O2. The van der Waals surface area contributed by atoms with Gasteiger partial charge in [0.25, 0.3) is 0 Å². The van der Waals surface area contributed by atoms with Crippen LogP contribution in [-0.2, 0) is 16.0 Å². The molecule has 0 saturated carbocycles. The van der Waals surface area contributed by atoms with E-state index in [2.05, 4.69) is 28.2 Å². The predicted octanol–water partition coefficient (Wildman–Crippen LogP) is 1.29. The van der Waals surface area contributed by atoms with Crippen molar-refractivity contribution in [3.63, 3.8) is 0 Å². The van der Waals surface area contributed by atoms with Crippen molar-refractivity contribution >= 4 is 5.69 Å². The number of ether oxygens (including phenoxy) is 2. The first kappa shape index (κ1) is 15.9. The summed E-state index contributed by atoms with van der Waals surface area (Å²) in [5, 5.41) is 3.34. The zero-order valence-corrected chi connectivity index (χ0v) is 12.2. The van der Waals surface area contributed by atoms with Gasteiger partial charge in [-0.2, -0.15) is 0 Å². The highest BCUT2D eigenvalue weighted by atomic mass is 16.5. The highest BCUT2D eigenvalue weighted by Gasteiger charge is 2.10. The van der Waals surface area contributed by atoms with E-state index >= 15 is 0 Å². The molecule has 0 amide bonds. The topological polar surface area (TPSA) is 46.6 Å². The second-order valence-electron chi connectivity index (χ2n) is 4.26. The van der Waals surface area contributed by atoms with Crippen LogP contribution in [0.3, 0.4) is 0 Å². The Morgan fingerprint density at radius 1 is 1.21 bits per heavy atom. The predicted molar refractivity (Wildman–Crippen MR) is 77.6 cm³/mol. The Hall–Kier alpha value is -1.17. The van der Waals surface area contributed by atoms with Gasteiger partial charge in [-0.25, -0.2) is 0 Å². The zero-order chi connectivity index (χ0) is 13.9. The Morgan fingerprint density at radius 2 is 1.89 bits per heavy atom. The molecule has 1 N–H and O–H groups in total. The average molecular weight is 267 g/mol. The van der Waals surface area contributed by atoms with Gasteiger partial charge in [-0.1, -0.05) is 6.92 Å². The summed E-state index contributed by atoms with van der Waals surface area (Å²) in [6.45, 7) is 6.98. The van der Waals surface area contributed by atoms with Crippen molar-refractivity contribution in [2.45, 2.75) is 13.5 Å². The molecule has 0 unspecified atom stereocenters. The molecule has 0 saturated heterocycles. The van der Waals surface area contributed by atoms with Crippen LogP contribution in [0.4, 0.5) is 5.69 Å². The Balaban J connectivity index is 2.79. The van der Waals surface area contributed by atoms with Crippen LogP contribution >= 0.6 is 0 Å². The number of pyridine rings is 1. The Bertz CT molecular complexity index is 339. The summed E-state index contributed by atoms with van der Waals surface area (Å²) in [4.78, 5) is 6.49. The molecule has 0 aliphatic rings. The number of rotatable bonds is 10. The fourth-order valence-corrected chi connectivity index (χ4v) is 1.88. The van der Waals surface area contributed by atoms with Gasteiger partial charge >= 0.3 is 0 Å². The van der Waals surface area contributed by atoms with E-state index < -0.39 is 0 Å². The maximum atomic E-state index is 5.18. The first-order chi connectivity index (χ1) is 9.33. The van der Waals surface area contributed by atoms with Crippen molar-refractivity contribution in [1.29, 1.82) is 0 Å². The Labute approximate surface area is 115 Å². The lowest BCUT2D eigenvalue weighted by Crippen LogP contribution is -2.32. The summed E-state index contributed by atoms with van der Waals surface area (Å²) < 4.78 is 10.4. The van der Waals surface area contributed by atoms with Crippen LogP contribution in [0.25, 0.3) is 0 Å². The molecule has 0 aliphatic carbocycles. The number of nitrogens with one attached hydrogen (secondary N) is 1. The molecule has 5 nitrogen and oxygen atoms in total. The summed E-state index contributed by atoms with van der Waals surface area (Å²) in [6, 6.07) is 2.05. The summed E-state index contributed by atoms with van der Waals surface area (Å²) in [7, 11) is 3.45. The summed E-state index contributed by atoms with van der Waals surface area (Å²) >= 11 is 0. The van der Waals surface area contributed by atoms with Crippen molar-refractivity contribution in [2.75, 3.05) is 52.0 Å². The zero-order valence-electron chi connectivity index (χ0n) is 12.2. The molecule has 19 heavy (non-hydrogen) atoms. The minimum atomic E-state index is 0.701.